The minimum Gasteiger partial charge on any atom is -0.341 e. The van der Waals surface area contributed by atoms with Gasteiger partial charge >= 0.3 is 0 Å². The predicted molar refractivity (Wildman–Crippen MR) is 105 cm³/mol. The number of aromatic nitrogens is 3. The first-order valence-corrected chi connectivity index (χ1v) is 8.88. The van der Waals surface area contributed by atoms with Gasteiger partial charge in [-0.25, -0.2) is 14.7 Å². The molecule has 3 heterocycles. The average molecular weight is 357 g/mol. The second kappa shape index (κ2) is 7.06. The van der Waals surface area contributed by atoms with Crippen LogP contribution in [0.4, 0.5) is 17.3 Å². The summed E-state index contributed by atoms with van der Waals surface area (Å²) in [5.41, 5.74) is 9.89. The number of nitrogens with two attached hydrogens (primary N) is 1. The van der Waals surface area contributed by atoms with E-state index in [-0.39, 0.29) is 6.04 Å². The molecule has 134 valence electrons. The summed E-state index contributed by atoms with van der Waals surface area (Å²) in [6, 6.07) is 9.33. The van der Waals surface area contributed by atoms with E-state index >= 15 is 0 Å². The Morgan fingerprint density at radius 2 is 1.96 bits per heavy atom. The molecule has 0 amide bonds. The molecule has 1 aliphatic heterocycles. The molecule has 1 aliphatic rings. The van der Waals surface area contributed by atoms with Crippen LogP contribution in [0.25, 0.3) is 20.7 Å². The van der Waals surface area contributed by atoms with E-state index in [9.17, 15) is 0 Å². The molecule has 2 N–H and O–H groups in total. The molecule has 0 aliphatic carbocycles. The fraction of sp³-hybridized carbons (Fsp3) is 0.300. The number of hydrogen-bond donors (Lipinski definition) is 1. The van der Waals surface area contributed by atoms with E-state index in [1.165, 1.54) is 0 Å². The zero-order valence-electron chi connectivity index (χ0n) is 14.8. The van der Waals surface area contributed by atoms with E-state index < -0.39 is 0 Å². The highest BCUT2D eigenvalue weighted by Crippen LogP contribution is 2.29. The molecule has 3 aromatic rings. The molecule has 4 rings (SSSR count). The van der Waals surface area contributed by atoms with Crippen LogP contribution in [-0.4, -0.2) is 33.7 Å². The fourth-order valence-electron chi connectivity index (χ4n) is 3.50. The lowest BCUT2D eigenvalue weighted by molar-refractivity contribution is 0.495. The first-order chi connectivity index (χ1) is 13.2. The molecule has 1 atom stereocenters. The Morgan fingerprint density at radius 1 is 1.15 bits per heavy atom. The number of piperidine rings is 1. The van der Waals surface area contributed by atoms with Gasteiger partial charge in [-0.2, -0.15) is 0 Å². The zero-order valence-corrected chi connectivity index (χ0v) is 14.8. The number of anilines is 1. The second-order valence-electron chi connectivity index (χ2n) is 6.75. The Bertz CT molecular complexity index is 1050. The largest absolute Gasteiger partial charge is 0.341 e. The summed E-state index contributed by atoms with van der Waals surface area (Å²) in [5, 5.41) is 0. The molecular weight excluding hydrogens is 338 g/mol. The van der Waals surface area contributed by atoms with Gasteiger partial charge < -0.3 is 15.2 Å². The molecule has 2 aromatic heterocycles. The van der Waals surface area contributed by atoms with Gasteiger partial charge in [0.2, 0.25) is 11.6 Å². The number of pyridine rings is 1. The van der Waals surface area contributed by atoms with Crippen LogP contribution in [0.3, 0.4) is 0 Å². The Kier molecular flexibility index (Phi) is 4.45. The number of benzene rings is 1. The quantitative estimate of drug-likeness (QED) is 0.729. The van der Waals surface area contributed by atoms with E-state index in [2.05, 4.69) is 24.1 Å². The van der Waals surface area contributed by atoms with Crippen LogP contribution in [0.1, 0.15) is 18.5 Å². The first kappa shape index (κ1) is 17.0. The maximum atomic E-state index is 7.31. The van der Waals surface area contributed by atoms with Crippen molar-refractivity contribution in [3.63, 3.8) is 0 Å². The lowest BCUT2D eigenvalue weighted by atomic mass is 10.1. The lowest BCUT2D eigenvalue weighted by Crippen LogP contribution is -2.44. The Balaban J connectivity index is 1.80. The summed E-state index contributed by atoms with van der Waals surface area (Å²) in [7, 11) is 0. The Labute approximate surface area is 157 Å². The Hall–Kier alpha value is -3.42. The molecule has 7 heteroatoms. The summed E-state index contributed by atoms with van der Waals surface area (Å²) in [4.78, 5) is 18.4. The summed E-state index contributed by atoms with van der Waals surface area (Å²) in [5.74, 6) is 0.860. The van der Waals surface area contributed by atoms with Crippen molar-refractivity contribution in [1.29, 1.82) is 0 Å². The first-order valence-electron chi connectivity index (χ1n) is 8.88. The van der Waals surface area contributed by atoms with Gasteiger partial charge in [-0.1, -0.05) is 12.1 Å². The highest BCUT2D eigenvalue weighted by molar-refractivity contribution is 5.83. The van der Waals surface area contributed by atoms with Crippen LogP contribution in [-0.2, 0) is 6.54 Å². The third-order valence-corrected chi connectivity index (χ3v) is 4.84. The topological polar surface area (TPSA) is 68.7 Å². The van der Waals surface area contributed by atoms with E-state index in [1.54, 1.807) is 18.3 Å². The molecule has 27 heavy (non-hydrogen) atoms. The smallest absolute Gasteiger partial charge is 0.206 e. The normalized spacial score (nSPS) is 16.9. The third-order valence-electron chi connectivity index (χ3n) is 4.84. The standard InChI is InChI=1S/C20H19N7/c1-22-15-7-8-18-19(10-15)27(13-17-6-5-16(23-2)11-24-17)20(25-18)26-9-3-4-14(21)12-26/h5-8,10-11,14H,3-4,9,12-13,21H2/t14-/m0/s1. The zero-order chi connectivity index (χ0) is 18.8. The molecule has 0 saturated carbocycles. The summed E-state index contributed by atoms with van der Waals surface area (Å²) in [6.45, 7) is 16.6. The van der Waals surface area contributed by atoms with Gasteiger partial charge in [0.25, 0.3) is 0 Å². The number of nitrogens with zero attached hydrogens (tertiary/aromatic N) is 6. The van der Waals surface area contributed by atoms with Crippen LogP contribution in [0.15, 0.2) is 36.5 Å². The maximum Gasteiger partial charge on any atom is 0.206 e. The van der Waals surface area contributed by atoms with Gasteiger partial charge in [-0.15, -0.1) is 0 Å². The molecule has 1 saturated heterocycles. The van der Waals surface area contributed by atoms with Crippen LogP contribution in [0.2, 0.25) is 0 Å². The minimum atomic E-state index is 0.141. The van der Waals surface area contributed by atoms with E-state index in [0.717, 1.165) is 48.6 Å². The number of imidazole rings is 1. The monoisotopic (exact) mass is 357 g/mol. The van der Waals surface area contributed by atoms with E-state index in [0.29, 0.717) is 17.9 Å². The van der Waals surface area contributed by atoms with Crippen molar-refractivity contribution in [2.45, 2.75) is 25.4 Å². The summed E-state index contributed by atoms with van der Waals surface area (Å²) < 4.78 is 2.10. The molecule has 0 bridgehead atoms. The van der Waals surface area contributed by atoms with Crippen molar-refractivity contribution in [2.75, 3.05) is 18.0 Å². The maximum absolute atomic E-state index is 7.31. The van der Waals surface area contributed by atoms with Crippen LogP contribution in [0.5, 0.6) is 0 Å². The van der Waals surface area contributed by atoms with Crippen molar-refractivity contribution < 1.29 is 0 Å². The van der Waals surface area contributed by atoms with Gasteiger partial charge in [0, 0.05) is 25.3 Å². The van der Waals surface area contributed by atoms with Crippen molar-refractivity contribution in [2.24, 2.45) is 5.73 Å². The van der Waals surface area contributed by atoms with E-state index in [1.807, 2.05) is 18.2 Å². The summed E-state index contributed by atoms with van der Waals surface area (Å²) >= 11 is 0. The van der Waals surface area contributed by atoms with Crippen LogP contribution >= 0.6 is 0 Å². The third kappa shape index (κ3) is 3.33. The molecular formula is C20H19N7. The second-order valence-corrected chi connectivity index (χ2v) is 6.75. The van der Waals surface area contributed by atoms with Crippen molar-refractivity contribution in [1.82, 2.24) is 14.5 Å². The number of fused-ring (bicyclic) bond motifs is 1. The fourth-order valence-corrected chi connectivity index (χ4v) is 3.50. The molecule has 1 fully saturated rings. The molecule has 0 spiro atoms. The van der Waals surface area contributed by atoms with Gasteiger partial charge in [0.05, 0.1) is 36.4 Å². The van der Waals surface area contributed by atoms with Crippen molar-refractivity contribution >= 4 is 28.4 Å². The van der Waals surface area contributed by atoms with Gasteiger partial charge in [0.1, 0.15) is 0 Å². The van der Waals surface area contributed by atoms with Crippen LogP contribution in [0, 0.1) is 13.1 Å². The summed E-state index contributed by atoms with van der Waals surface area (Å²) in [6.07, 6.45) is 3.65. The minimum absolute atomic E-state index is 0.141. The molecule has 1 aromatic carbocycles. The van der Waals surface area contributed by atoms with Crippen molar-refractivity contribution in [3.8, 4) is 0 Å². The molecule has 0 unspecified atom stereocenters. The predicted octanol–water partition coefficient (Wildman–Crippen LogP) is 3.51. The van der Waals surface area contributed by atoms with Gasteiger partial charge in [0.15, 0.2) is 5.69 Å². The molecule has 7 nitrogen and oxygen atoms in total. The lowest BCUT2D eigenvalue weighted by Gasteiger charge is -2.32. The highest BCUT2D eigenvalue weighted by Gasteiger charge is 2.23. The molecule has 0 radical (unpaired) electrons. The number of hydrogen-bond acceptors (Lipinski definition) is 4. The SMILES string of the molecule is [C-]#[N+]c1ccc(Cn2c(N3CCC[C@H](N)C3)nc3ccc([N+]#[C-])cc32)nc1. The Morgan fingerprint density at radius 3 is 2.67 bits per heavy atom. The highest BCUT2D eigenvalue weighted by atomic mass is 15.3. The van der Waals surface area contributed by atoms with E-state index in [4.69, 9.17) is 23.9 Å². The van der Waals surface area contributed by atoms with Gasteiger partial charge in [-0.05, 0) is 31.0 Å². The van der Waals surface area contributed by atoms with Crippen LogP contribution < -0.4 is 10.6 Å². The van der Waals surface area contributed by atoms with Crippen molar-refractivity contribution in [3.05, 3.63) is 65.1 Å². The van der Waals surface area contributed by atoms with Gasteiger partial charge in [-0.3, -0.25) is 4.98 Å². The average Bonchev–Trinajstić information content (AvgIpc) is 3.06. The number of rotatable bonds is 3.